The number of hydrogen-bond donors (Lipinski definition) is 0. The lowest BCUT2D eigenvalue weighted by atomic mass is 9.89. The Morgan fingerprint density at radius 1 is 1.33 bits per heavy atom. The van der Waals surface area contributed by atoms with Crippen molar-refractivity contribution in [1.82, 2.24) is 9.97 Å². The number of rotatable bonds is 5. The van der Waals surface area contributed by atoms with Crippen LogP contribution in [0.3, 0.4) is 0 Å². The van der Waals surface area contributed by atoms with E-state index in [-0.39, 0.29) is 0 Å². The lowest BCUT2D eigenvalue weighted by Gasteiger charge is -2.23. The first kappa shape index (κ1) is 14.3. The molecule has 2 aromatic rings. The Hall–Kier alpha value is -1.68. The van der Waals surface area contributed by atoms with Crippen LogP contribution in [0.4, 0.5) is 5.82 Å². The standard InChI is InChI=1S/C17H21N3S/c1-4-8-20(9-5-2)16-15-13-7-6-12(3)10-14(13)21-17(15)19-11-18-16/h4-5,11-12H,1-2,6-10H2,3H3/t12-/m1/s1. The summed E-state index contributed by atoms with van der Waals surface area (Å²) < 4.78 is 0. The predicted molar refractivity (Wildman–Crippen MR) is 91.2 cm³/mol. The van der Waals surface area contributed by atoms with E-state index in [9.17, 15) is 0 Å². The molecule has 2 aromatic heterocycles. The van der Waals surface area contributed by atoms with Crippen LogP contribution in [0, 0.1) is 5.92 Å². The second-order valence-corrected chi connectivity index (χ2v) is 6.80. The van der Waals surface area contributed by atoms with Crippen molar-refractivity contribution in [2.24, 2.45) is 5.92 Å². The zero-order valence-corrected chi connectivity index (χ0v) is 13.3. The van der Waals surface area contributed by atoms with Gasteiger partial charge in [0, 0.05) is 18.0 Å². The maximum absolute atomic E-state index is 4.57. The minimum atomic E-state index is 0.777. The van der Waals surface area contributed by atoms with Gasteiger partial charge in [-0.25, -0.2) is 9.97 Å². The van der Waals surface area contributed by atoms with Crippen LogP contribution >= 0.6 is 11.3 Å². The number of anilines is 1. The molecule has 3 rings (SSSR count). The van der Waals surface area contributed by atoms with Crippen molar-refractivity contribution in [2.45, 2.75) is 26.2 Å². The average Bonchev–Trinajstić information content (AvgIpc) is 2.84. The van der Waals surface area contributed by atoms with Crippen molar-refractivity contribution >= 4 is 27.4 Å². The second-order valence-electron chi connectivity index (χ2n) is 5.71. The molecule has 1 aliphatic carbocycles. The summed E-state index contributed by atoms with van der Waals surface area (Å²) in [6.45, 7) is 11.6. The van der Waals surface area contributed by atoms with Crippen LogP contribution in [-0.2, 0) is 12.8 Å². The summed E-state index contributed by atoms with van der Waals surface area (Å²) in [5, 5.41) is 1.26. The quantitative estimate of drug-likeness (QED) is 0.782. The van der Waals surface area contributed by atoms with Gasteiger partial charge < -0.3 is 4.90 Å². The monoisotopic (exact) mass is 299 g/mol. The molecule has 0 saturated heterocycles. The SMILES string of the molecule is C=CCN(CC=C)c1ncnc2sc3c(c12)CC[C@@H](C)C3. The Balaban J connectivity index is 2.14. The van der Waals surface area contributed by atoms with Crippen molar-refractivity contribution in [3.05, 3.63) is 42.1 Å². The fourth-order valence-electron chi connectivity index (χ4n) is 3.06. The highest BCUT2D eigenvalue weighted by atomic mass is 32.1. The van der Waals surface area contributed by atoms with Crippen molar-refractivity contribution in [3.8, 4) is 0 Å². The largest absolute Gasteiger partial charge is 0.349 e. The molecule has 0 N–H and O–H groups in total. The third kappa shape index (κ3) is 2.60. The van der Waals surface area contributed by atoms with Gasteiger partial charge in [-0.3, -0.25) is 0 Å². The number of aromatic nitrogens is 2. The summed E-state index contributed by atoms with van der Waals surface area (Å²) in [6.07, 6.45) is 9.10. The number of thiophene rings is 1. The van der Waals surface area contributed by atoms with E-state index in [2.05, 4.69) is 34.9 Å². The summed E-state index contributed by atoms with van der Waals surface area (Å²) in [4.78, 5) is 13.9. The van der Waals surface area contributed by atoms with Crippen LogP contribution in [0.1, 0.15) is 23.8 Å². The first-order chi connectivity index (χ1) is 10.2. The topological polar surface area (TPSA) is 29.0 Å². The lowest BCUT2D eigenvalue weighted by Crippen LogP contribution is -2.24. The van der Waals surface area contributed by atoms with E-state index in [0.717, 1.165) is 36.1 Å². The molecule has 0 fully saturated rings. The number of fused-ring (bicyclic) bond motifs is 3. The van der Waals surface area contributed by atoms with Gasteiger partial charge in [-0.2, -0.15) is 0 Å². The number of nitrogens with zero attached hydrogens (tertiary/aromatic N) is 3. The van der Waals surface area contributed by atoms with E-state index >= 15 is 0 Å². The first-order valence-corrected chi connectivity index (χ1v) is 8.28. The van der Waals surface area contributed by atoms with Gasteiger partial charge in [0.15, 0.2) is 0 Å². The summed E-state index contributed by atoms with van der Waals surface area (Å²) in [6, 6.07) is 0. The number of aryl methyl sites for hydroxylation is 1. The summed E-state index contributed by atoms with van der Waals surface area (Å²) in [5.74, 6) is 1.81. The normalized spacial score (nSPS) is 17.5. The number of hydrogen-bond acceptors (Lipinski definition) is 4. The molecule has 21 heavy (non-hydrogen) atoms. The van der Waals surface area contributed by atoms with E-state index in [0.29, 0.717) is 0 Å². The Labute approximate surface area is 130 Å². The molecular formula is C17H21N3S. The van der Waals surface area contributed by atoms with E-state index in [1.165, 1.54) is 28.7 Å². The van der Waals surface area contributed by atoms with Gasteiger partial charge in [-0.1, -0.05) is 19.1 Å². The third-order valence-corrected chi connectivity index (χ3v) is 5.23. The summed E-state index contributed by atoms with van der Waals surface area (Å²) in [5.41, 5.74) is 1.47. The van der Waals surface area contributed by atoms with Gasteiger partial charge in [0.1, 0.15) is 17.0 Å². The van der Waals surface area contributed by atoms with Crippen LogP contribution in [0.15, 0.2) is 31.6 Å². The molecule has 0 saturated carbocycles. The fraction of sp³-hybridized carbons (Fsp3) is 0.412. The highest BCUT2D eigenvalue weighted by Gasteiger charge is 2.24. The van der Waals surface area contributed by atoms with Crippen LogP contribution in [-0.4, -0.2) is 23.1 Å². The molecule has 1 aliphatic rings. The Morgan fingerprint density at radius 2 is 2.10 bits per heavy atom. The van der Waals surface area contributed by atoms with Gasteiger partial charge in [-0.05, 0) is 30.7 Å². The predicted octanol–water partition coefficient (Wildman–Crippen LogP) is 3.99. The lowest BCUT2D eigenvalue weighted by molar-refractivity contribution is 0.509. The maximum atomic E-state index is 4.57. The van der Waals surface area contributed by atoms with Crippen molar-refractivity contribution < 1.29 is 0 Å². The van der Waals surface area contributed by atoms with Crippen molar-refractivity contribution in [1.29, 1.82) is 0 Å². The van der Waals surface area contributed by atoms with Gasteiger partial charge in [-0.15, -0.1) is 24.5 Å². The zero-order valence-electron chi connectivity index (χ0n) is 12.5. The molecule has 0 spiro atoms. The fourth-order valence-corrected chi connectivity index (χ4v) is 4.40. The first-order valence-electron chi connectivity index (χ1n) is 7.46. The van der Waals surface area contributed by atoms with E-state index < -0.39 is 0 Å². The molecule has 0 aliphatic heterocycles. The van der Waals surface area contributed by atoms with Gasteiger partial charge in [0.2, 0.25) is 0 Å². The summed E-state index contributed by atoms with van der Waals surface area (Å²) in [7, 11) is 0. The Kier molecular flexibility index (Phi) is 4.06. The third-order valence-electron chi connectivity index (χ3n) is 4.07. The molecule has 0 bridgehead atoms. The van der Waals surface area contributed by atoms with E-state index in [1.54, 1.807) is 6.33 Å². The molecule has 1 atom stereocenters. The highest BCUT2D eigenvalue weighted by molar-refractivity contribution is 7.19. The van der Waals surface area contributed by atoms with Gasteiger partial charge in [0.05, 0.1) is 5.39 Å². The van der Waals surface area contributed by atoms with Crippen LogP contribution in [0.25, 0.3) is 10.2 Å². The van der Waals surface area contributed by atoms with Crippen molar-refractivity contribution in [2.75, 3.05) is 18.0 Å². The minimum Gasteiger partial charge on any atom is -0.349 e. The molecule has 0 radical (unpaired) electrons. The maximum Gasteiger partial charge on any atom is 0.141 e. The van der Waals surface area contributed by atoms with Gasteiger partial charge in [0.25, 0.3) is 0 Å². The van der Waals surface area contributed by atoms with E-state index in [4.69, 9.17) is 0 Å². The van der Waals surface area contributed by atoms with Crippen LogP contribution in [0.2, 0.25) is 0 Å². The molecule has 0 aromatic carbocycles. The Bertz CT molecular complexity index is 664. The van der Waals surface area contributed by atoms with Gasteiger partial charge >= 0.3 is 0 Å². The minimum absolute atomic E-state index is 0.777. The van der Waals surface area contributed by atoms with Crippen LogP contribution < -0.4 is 4.90 Å². The molecular weight excluding hydrogens is 278 g/mol. The average molecular weight is 299 g/mol. The second kappa shape index (κ2) is 5.98. The smallest absolute Gasteiger partial charge is 0.141 e. The molecule has 0 unspecified atom stereocenters. The van der Waals surface area contributed by atoms with E-state index in [1.807, 2.05) is 23.5 Å². The summed E-state index contributed by atoms with van der Waals surface area (Å²) >= 11 is 1.84. The molecule has 110 valence electrons. The molecule has 2 heterocycles. The molecule has 4 heteroatoms. The zero-order chi connectivity index (χ0) is 14.8. The van der Waals surface area contributed by atoms with Crippen LogP contribution in [0.5, 0.6) is 0 Å². The Morgan fingerprint density at radius 3 is 2.81 bits per heavy atom. The molecule has 3 nitrogen and oxygen atoms in total. The highest BCUT2D eigenvalue weighted by Crippen LogP contribution is 2.40. The van der Waals surface area contributed by atoms with Crippen molar-refractivity contribution in [3.63, 3.8) is 0 Å². The molecule has 0 amide bonds.